The predicted octanol–water partition coefficient (Wildman–Crippen LogP) is 19.4. The molecule has 0 N–H and O–H groups in total. The van der Waals surface area contributed by atoms with E-state index in [-0.39, 0.29) is 31.1 Å². The molecule has 1 unspecified atom stereocenters. The number of carbonyl (C=O) groups is 3. The summed E-state index contributed by atoms with van der Waals surface area (Å²) >= 11 is 0. The summed E-state index contributed by atoms with van der Waals surface area (Å²) in [5, 5.41) is 0. The van der Waals surface area contributed by atoms with Gasteiger partial charge >= 0.3 is 17.9 Å². The van der Waals surface area contributed by atoms with Crippen molar-refractivity contribution in [3.8, 4) is 0 Å². The number of hydrogen-bond donors (Lipinski definition) is 0. The van der Waals surface area contributed by atoms with Gasteiger partial charge in [0.05, 0.1) is 0 Å². The van der Waals surface area contributed by atoms with Crippen molar-refractivity contribution in [2.75, 3.05) is 13.2 Å². The van der Waals surface area contributed by atoms with Crippen LogP contribution in [-0.2, 0) is 28.6 Å². The summed E-state index contributed by atoms with van der Waals surface area (Å²) in [5.41, 5.74) is 0. The average molecular weight is 950 g/mol. The molecule has 0 aliphatic carbocycles. The fourth-order valence-corrected chi connectivity index (χ4v) is 8.12. The third-order valence-corrected chi connectivity index (χ3v) is 12.4. The molecule has 0 heterocycles. The lowest BCUT2D eigenvalue weighted by Gasteiger charge is -2.18. The van der Waals surface area contributed by atoms with Crippen LogP contribution in [0.4, 0.5) is 0 Å². The summed E-state index contributed by atoms with van der Waals surface area (Å²) in [6.07, 6.45) is 71.9. The van der Waals surface area contributed by atoms with Crippen LogP contribution in [0, 0.1) is 0 Å². The quantitative estimate of drug-likeness (QED) is 0.0262. The van der Waals surface area contributed by atoms with Crippen LogP contribution in [-0.4, -0.2) is 37.2 Å². The maximum absolute atomic E-state index is 12.8. The summed E-state index contributed by atoms with van der Waals surface area (Å²) in [6.45, 7) is 6.47. The van der Waals surface area contributed by atoms with Gasteiger partial charge in [-0.15, -0.1) is 0 Å². The minimum absolute atomic E-state index is 0.0789. The van der Waals surface area contributed by atoms with Gasteiger partial charge in [-0.2, -0.15) is 0 Å². The lowest BCUT2D eigenvalue weighted by molar-refractivity contribution is -0.167. The number of carbonyl (C=O) groups excluding carboxylic acids is 3. The molecule has 392 valence electrons. The van der Waals surface area contributed by atoms with E-state index in [1.807, 2.05) is 0 Å². The van der Waals surface area contributed by atoms with E-state index in [1.54, 1.807) is 0 Å². The molecule has 6 nitrogen and oxygen atoms in total. The van der Waals surface area contributed by atoms with E-state index in [4.69, 9.17) is 14.2 Å². The molecule has 68 heavy (non-hydrogen) atoms. The SMILES string of the molecule is CC/C=C\C/C=C\C/C=C\C/C=C\C/C=C\CCCCCCCCCCCC(=O)OCC(COC(=O)CCCCCCC/C=C\CCC)OC(=O)CCCCCCCCCCCCCCCCC. The zero-order chi connectivity index (χ0) is 49.3. The van der Waals surface area contributed by atoms with Crippen LogP contribution in [0.2, 0.25) is 0 Å². The third kappa shape index (κ3) is 53.8. The Balaban J connectivity index is 4.25. The molecular formula is C62H108O6. The third-order valence-electron chi connectivity index (χ3n) is 12.4. The Hall–Kier alpha value is -3.15. The van der Waals surface area contributed by atoms with Crippen LogP contribution in [0.5, 0.6) is 0 Å². The number of hydrogen-bond acceptors (Lipinski definition) is 6. The minimum Gasteiger partial charge on any atom is -0.462 e. The number of esters is 3. The Labute approximate surface area is 421 Å². The van der Waals surface area contributed by atoms with E-state index in [0.717, 1.165) is 109 Å². The molecule has 1 atom stereocenters. The highest BCUT2D eigenvalue weighted by Crippen LogP contribution is 2.16. The van der Waals surface area contributed by atoms with E-state index >= 15 is 0 Å². The Bertz CT molecular complexity index is 1270. The normalized spacial score (nSPS) is 12.6. The fourth-order valence-electron chi connectivity index (χ4n) is 8.12. The van der Waals surface area contributed by atoms with E-state index in [1.165, 1.54) is 135 Å². The van der Waals surface area contributed by atoms with Crippen molar-refractivity contribution in [3.05, 3.63) is 72.9 Å². The van der Waals surface area contributed by atoms with E-state index in [2.05, 4.69) is 93.7 Å². The van der Waals surface area contributed by atoms with Gasteiger partial charge in [0.25, 0.3) is 0 Å². The van der Waals surface area contributed by atoms with Crippen molar-refractivity contribution >= 4 is 17.9 Å². The van der Waals surface area contributed by atoms with Crippen LogP contribution >= 0.6 is 0 Å². The molecule has 0 bridgehead atoms. The Morgan fingerprint density at radius 1 is 0.309 bits per heavy atom. The summed E-state index contributed by atoms with van der Waals surface area (Å²) < 4.78 is 16.8. The van der Waals surface area contributed by atoms with Gasteiger partial charge in [-0.3, -0.25) is 14.4 Å². The van der Waals surface area contributed by atoms with Crippen molar-refractivity contribution in [3.63, 3.8) is 0 Å². The second-order valence-corrected chi connectivity index (χ2v) is 19.2. The molecule has 0 aromatic carbocycles. The highest BCUT2D eigenvalue weighted by atomic mass is 16.6. The second-order valence-electron chi connectivity index (χ2n) is 19.2. The molecule has 0 fully saturated rings. The van der Waals surface area contributed by atoms with Gasteiger partial charge in [0.15, 0.2) is 6.10 Å². The van der Waals surface area contributed by atoms with Crippen LogP contribution in [0.3, 0.4) is 0 Å². The largest absolute Gasteiger partial charge is 0.462 e. The summed E-state index contributed by atoms with van der Waals surface area (Å²) in [7, 11) is 0. The maximum Gasteiger partial charge on any atom is 0.306 e. The van der Waals surface area contributed by atoms with Crippen LogP contribution in [0.15, 0.2) is 72.9 Å². The first-order chi connectivity index (χ1) is 33.5. The van der Waals surface area contributed by atoms with Gasteiger partial charge < -0.3 is 14.2 Å². The number of ether oxygens (including phenoxy) is 3. The summed E-state index contributed by atoms with van der Waals surface area (Å²) in [4.78, 5) is 38.1. The minimum atomic E-state index is -0.778. The molecule has 0 aromatic rings. The number of allylic oxidation sites excluding steroid dienone is 12. The molecule has 0 spiro atoms. The molecule has 6 heteroatoms. The van der Waals surface area contributed by atoms with Gasteiger partial charge in [-0.1, -0.05) is 254 Å². The molecule has 0 amide bonds. The highest BCUT2D eigenvalue weighted by Gasteiger charge is 2.19. The lowest BCUT2D eigenvalue weighted by atomic mass is 10.0. The van der Waals surface area contributed by atoms with Gasteiger partial charge in [-0.25, -0.2) is 0 Å². The van der Waals surface area contributed by atoms with Crippen molar-refractivity contribution in [2.24, 2.45) is 0 Å². The first kappa shape index (κ1) is 64.8. The van der Waals surface area contributed by atoms with Crippen molar-refractivity contribution in [1.29, 1.82) is 0 Å². The molecular weight excluding hydrogens is 841 g/mol. The molecule has 0 aliphatic heterocycles. The predicted molar refractivity (Wildman–Crippen MR) is 293 cm³/mol. The topological polar surface area (TPSA) is 78.9 Å². The molecule has 0 aromatic heterocycles. The van der Waals surface area contributed by atoms with E-state index < -0.39 is 6.10 Å². The highest BCUT2D eigenvalue weighted by molar-refractivity contribution is 5.71. The van der Waals surface area contributed by atoms with Crippen LogP contribution in [0.1, 0.15) is 284 Å². The molecule has 0 saturated heterocycles. The molecule has 0 aliphatic rings. The van der Waals surface area contributed by atoms with Crippen molar-refractivity contribution < 1.29 is 28.6 Å². The second kappa shape index (κ2) is 56.4. The first-order valence-electron chi connectivity index (χ1n) is 28.9. The zero-order valence-corrected chi connectivity index (χ0v) is 44.9. The number of rotatable bonds is 52. The molecule has 0 rings (SSSR count). The van der Waals surface area contributed by atoms with Crippen molar-refractivity contribution in [2.45, 2.75) is 290 Å². The van der Waals surface area contributed by atoms with Crippen LogP contribution in [0.25, 0.3) is 0 Å². The Kier molecular flexibility index (Phi) is 53.8. The van der Waals surface area contributed by atoms with Crippen molar-refractivity contribution in [1.82, 2.24) is 0 Å². The average Bonchev–Trinajstić information content (AvgIpc) is 3.34. The van der Waals surface area contributed by atoms with Crippen LogP contribution < -0.4 is 0 Å². The van der Waals surface area contributed by atoms with E-state index in [0.29, 0.717) is 19.3 Å². The van der Waals surface area contributed by atoms with E-state index in [9.17, 15) is 14.4 Å². The number of unbranched alkanes of at least 4 members (excludes halogenated alkanes) is 29. The monoisotopic (exact) mass is 949 g/mol. The molecule has 0 saturated carbocycles. The first-order valence-corrected chi connectivity index (χ1v) is 28.9. The van der Waals surface area contributed by atoms with Gasteiger partial charge in [0, 0.05) is 19.3 Å². The summed E-state index contributed by atoms with van der Waals surface area (Å²) in [6, 6.07) is 0. The van der Waals surface area contributed by atoms with Gasteiger partial charge in [0.2, 0.25) is 0 Å². The zero-order valence-electron chi connectivity index (χ0n) is 44.9. The standard InChI is InChI=1S/C62H108O6/c1-4-7-10-13-16-19-22-24-26-27-28-29-30-31-32-33-34-35-37-38-40-43-46-49-52-55-61(64)67-58-59(57-66-60(63)54-51-48-45-42-21-18-15-12-9-6-3)68-62(65)56-53-50-47-44-41-39-36-25-23-20-17-14-11-8-5-2/h7,10,12,15-16,19,24,26,28-29,31-32,59H,4-6,8-9,11,13-14,17-18,20-23,25,27,30,33-58H2,1-3H3/b10-7-,15-12-,19-16-,26-24-,29-28-,32-31-. The summed E-state index contributed by atoms with van der Waals surface area (Å²) in [5.74, 6) is -0.886. The smallest absolute Gasteiger partial charge is 0.306 e. The fraction of sp³-hybridized carbons (Fsp3) is 0.758. The van der Waals surface area contributed by atoms with Gasteiger partial charge in [0.1, 0.15) is 13.2 Å². The maximum atomic E-state index is 12.8. The van der Waals surface area contributed by atoms with Gasteiger partial charge in [-0.05, 0) is 83.5 Å². The Morgan fingerprint density at radius 2 is 0.603 bits per heavy atom. The lowest BCUT2D eigenvalue weighted by Crippen LogP contribution is -2.30. The molecule has 0 radical (unpaired) electrons. The Morgan fingerprint density at radius 3 is 0.971 bits per heavy atom.